The first kappa shape index (κ1) is 14.0. The fourth-order valence-corrected chi connectivity index (χ4v) is 2.55. The Morgan fingerprint density at radius 1 is 1.19 bits per heavy atom. The molecule has 1 aliphatic carbocycles. The highest BCUT2D eigenvalue weighted by atomic mass is 16.5. The molecule has 1 unspecified atom stereocenters. The second-order valence-electron chi connectivity index (χ2n) is 4.94. The van der Waals surface area contributed by atoms with E-state index in [1.807, 2.05) is 0 Å². The number of hydrogen-bond acceptors (Lipinski definition) is 2. The molecule has 0 spiro atoms. The minimum absolute atomic E-state index is 0.577. The predicted octanol–water partition coefficient (Wildman–Crippen LogP) is 3.50. The van der Waals surface area contributed by atoms with Crippen LogP contribution in [0.5, 0.6) is 0 Å². The summed E-state index contributed by atoms with van der Waals surface area (Å²) >= 11 is 0. The Morgan fingerprint density at radius 2 is 1.94 bits per heavy atom. The molecular formula is C14H29NO. The first-order valence-corrected chi connectivity index (χ1v) is 7.21. The summed E-state index contributed by atoms with van der Waals surface area (Å²) in [6.07, 6.45) is 11.0. The SMILES string of the molecule is CCNC(CC)CCCOC1CCCCC1. The van der Waals surface area contributed by atoms with Gasteiger partial charge in [0.1, 0.15) is 0 Å². The van der Waals surface area contributed by atoms with Gasteiger partial charge in [0.2, 0.25) is 0 Å². The van der Waals surface area contributed by atoms with Gasteiger partial charge in [0, 0.05) is 12.6 Å². The minimum atomic E-state index is 0.577. The molecule has 0 aromatic rings. The zero-order valence-corrected chi connectivity index (χ0v) is 11.1. The van der Waals surface area contributed by atoms with E-state index in [-0.39, 0.29) is 0 Å². The van der Waals surface area contributed by atoms with Crippen molar-refractivity contribution in [2.45, 2.75) is 77.4 Å². The van der Waals surface area contributed by atoms with Gasteiger partial charge < -0.3 is 10.1 Å². The van der Waals surface area contributed by atoms with Crippen LogP contribution in [0.4, 0.5) is 0 Å². The summed E-state index contributed by atoms with van der Waals surface area (Å²) in [6.45, 7) is 6.49. The van der Waals surface area contributed by atoms with Crippen molar-refractivity contribution in [2.24, 2.45) is 0 Å². The summed E-state index contributed by atoms with van der Waals surface area (Å²) in [5.74, 6) is 0. The van der Waals surface area contributed by atoms with Gasteiger partial charge in [0.05, 0.1) is 6.10 Å². The van der Waals surface area contributed by atoms with Crippen LogP contribution in [0.25, 0.3) is 0 Å². The Bertz CT molecular complexity index is 148. The fourth-order valence-electron chi connectivity index (χ4n) is 2.55. The van der Waals surface area contributed by atoms with Crippen molar-refractivity contribution in [3.63, 3.8) is 0 Å². The van der Waals surface area contributed by atoms with Crippen LogP contribution in [0.15, 0.2) is 0 Å². The van der Waals surface area contributed by atoms with Crippen LogP contribution in [0.2, 0.25) is 0 Å². The molecule has 1 fully saturated rings. The smallest absolute Gasteiger partial charge is 0.0575 e. The van der Waals surface area contributed by atoms with Gasteiger partial charge in [0.15, 0.2) is 0 Å². The lowest BCUT2D eigenvalue weighted by atomic mass is 9.98. The Balaban J connectivity index is 1.97. The standard InChI is InChI=1S/C14H29NO/c1-3-13(15-4-2)9-8-12-16-14-10-6-5-7-11-14/h13-15H,3-12H2,1-2H3. The normalized spacial score (nSPS) is 19.9. The minimum Gasteiger partial charge on any atom is -0.378 e. The van der Waals surface area contributed by atoms with Crippen LogP contribution in [0.1, 0.15) is 65.2 Å². The molecule has 0 heterocycles. The van der Waals surface area contributed by atoms with Gasteiger partial charge in [-0.05, 0) is 38.6 Å². The molecular weight excluding hydrogens is 198 g/mol. The molecule has 1 atom stereocenters. The Kier molecular flexibility index (Phi) is 7.87. The van der Waals surface area contributed by atoms with Crippen molar-refractivity contribution >= 4 is 0 Å². The van der Waals surface area contributed by atoms with Gasteiger partial charge in [-0.3, -0.25) is 0 Å². The zero-order valence-electron chi connectivity index (χ0n) is 11.1. The molecule has 0 bridgehead atoms. The molecule has 0 aromatic heterocycles. The van der Waals surface area contributed by atoms with Gasteiger partial charge in [-0.1, -0.05) is 33.1 Å². The number of nitrogens with one attached hydrogen (secondary N) is 1. The third kappa shape index (κ3) is 5.86. The highest BCUT2D eigenvalue weighted by molar-refractivity contribution is 4.66. The van der Waals surface area contributed by atoms with Crippen LogP contribution in [0, 0.1) is 0 Å². The lowest BCUT2D eigenvalue weighted by Crippen LogP contribution is -2.28. The van der Waals surface area contributed by atoms with Gasteiger partial charge in [-0.2, -0.15) is 0 Å². The van der Waals surface area contributed by atoms with Crippen LogP contribution in [0.3, 0.4) is 0 Å². The molecule has 1 N–H and O–H groups in total. The van der Waals surface area contributed by atoms with E-state index in [0.717, 1.165) is 13.2 Å². The number of hydrogen-bond donors (Lipinski definition) is 1. The molecule has 2 heteroatoms. The van der Waals surface area contributed by atoms with E-state index in [1.165, 1.54) is 51.4 Å². The van der Waals surface area contributed by atoms with Crippen molar-refractivity contribution in [1.82, 2.24) is 5.32 Å². The van der Waals surface area contributed by atoms with E-state index in [1.54, 1.807) is 0 Å². The van der Waals surface area contributed by atoms with Crippen LogP contribution < -0.4 is 5.32 Å². The molecule has 0 aromatic carbocycles. The van der Waals surface area contributed by atoms with E-state index < -0.39 is 0 Å². The largest absolute Gasteiger partial charge is 0.378 e. The maximum Gasteiger partial charge on any atom is 0.0575 e. The van der Waals surface area contributed by atoms with Crippen molar-refractivity contribution in [2.75, 3.05) is 13.2 Å². The van der Waals surface area contributed by atoms with Crippen LogP contribution >= 0.6 is 0 Å². The van der Waals surface area contributed by atoms with E-state index in [4.69, 9.17) is 4.74 Å². The van der Waals surface area contributed by atoms with Crippen molar-refractivity contribution in [1.29, 1.82) is 0 Å². The molecule has 1 aliphatic rings. The predicted molar refractivity (Wildman–Crippen MR) is 69.8 cm³/mol. The van der Waals surface area contributed by atoms with E-state index >= 15 is 0 Å². The van der Waals surface area contributed by atoms with Crippen molar-refractivity contribution < 1.29 is 4.74 Å². The van der Waals surface area contributed by atoms with Crippen LogP contribution in [-0.4, -0.2) is 25.3 Å². The maximum absolute atomic E-state index is 5.93. The monoisotopic (exact) mass is 227 g/mol. The summed E-state index contributed by atoms with van der Waals surface area (Å²) < 4.78 is 5.93. The first-order chi connectivity index (χ1) is 7.86. The molecule has 96 valence electrons. The van der Waals surface area contributed by atoms with Gasteiger partial charge in [-0.25, -0.2) is 0 Å². The van der Waals surface area contributed by atoms with Crippen LogP contribution in [-0.2, 0) is 4.74 Å². The van der Waals surface area contributed by atoms with E-state index in [0.29, 0.717) is 12.1 Å². The Hall–Kier alpha value is -0.0800. The average molecular weight is 227 g/mol. The molecule has 0 aliphatic heterocycles. The second-order valence-corrected chi connectivity index (χ2v) is 4.94. The summed E-state index contributed by atoms with van der Waals surface area (Å²) in [4.78, 5) is 0. The molecule has 0 amide bonds. The van der Waals surface area contributed by atoms with Gasteiger partial charge in [0.25, 0.3) is 0 Å². The number of rotatable bonds is 8. The topological polar surface area (TPSA) is 21.3 Å². The highest BCUT2D eigenvalue weighted by Crippen LogP contribution is 2.20. The van der Waals surface area contributed by atoms with Gasteiger partial charge >= 0.3 is 0 Å². The van der Waals surface area contributed by atoms with E-state index in [9.17, 15) is 0 Å². The summed E-state index contributed by atoms with van der Waals surface area (Å²) in [5.41, 5.74) is 0. The lowest BCUT2D eigenvalue weighted by molar-refractivity contribution is 0.0255. The molecule has 2 nitrogen and oxygen atoms in total. The molecule has 1 saturated carbocycles. The molecule has 0 radical (unpaired) electrons. The molecule has 0 saturated heterocycles. The summed E-state index contributed by atoms with van der Waals surface area (Å²) in [5, 5.41) is 3.52. The average Bonchev–Trinajstić information content (AvgIpc) is 2.34. The fraction of sp³-hybridized carbons (Fsp3) is 1.00. The Labute approximate surface area is 101 Å². The molecule has 1 rings (SSSR count). The van der Waals surface area contributed by atoms with Crippen molar-refractivity contribution in [3.05, 3.63) is 0 Å². The zero-order chi connectivity index (χ0) is 11.6. The third-order valence-electron chi connectivity index (χ3n) is 3.59. The maximum atomic E-state index is 5.93. The lowest BCUT2D eigenvalue weighted by Gasteiger charge is -2.22. The van der Waals surface area contributed by atoms with E-state index in [2.05, 4.69) is 19.2 Å². The summed E-state index contributed by atoms with van der Waals surface area (Å²) in [7, 11) is 0. The number of ether oxygens (including phenoxy) is 1. The highest BCUT2D eigenvalue weighted by Gasteiger charge is 2.13. The van der Waals surface area contributed by atoms with Gasteiger partial charge in [-0.15, -0.1) is 0 Å². The first-order valence-electron chi connectivity index (χ1n) is 7.21. The Morgan fingerprint density at radius 3 is 2.56 bits per heavy atom. The second kappa shape index (κ2) is 9.00. The third-order valence-corrected chi connectivity index (χ3v) is 3.59. The molecule has 16 heavy (non-hydrogen) atoms. The van der Waals surface area contributed by atoms with Crippen molar-refractivity contribution in [3.8, 4) is 0 Å². The quantitative estimate of drug-likeness (QED) is 0.641. The summed E-state index contributed by atoms with van der Waals surface area (Å²) in [6, 6.07) is 0.694.